The first-order valence-corrected chi connectivity index (χ1v) is 5.82. The van der Waals surface area contributed by atoms with Gasteiger partial charge in [0.25, 0.3) is 0 Å². The van der Waals surface area contributed by atoms with Crippen molar-refractivity contribution in [3.63, 3.8) is 0 Å². The van der Waals surface area contributed by atoms with Gasteiger partial charge in [0, 0.05) is 12.6 Å². The molecule has 0 atom stereocenters. The van der Waals surface area contributed by atoms with Crippen molar-refractivity contribution in [2.45, 2.75) is 24.7 Å². The zero-order valence-corrected chi connectivity index (χ0v) is 11.5. The topological polar surface area (TPSA) is 42.0 Å². The average Bonchev–Trinajstić information content (AvgIpc) is 2.25. The van der Waals surface area contributed by atoms with Crippen molar-refractivity contribution in [2.24, 2.45) is 0 Å². The lowest BCUT2D eigenvalue weighted by molar-refractivity contribution is -0.289. The number of pyridine rings is 1. The van der Waals surface area contributed by atoms with Gasteiger partial charge in [-0.05, 0) is 12.1 Å². The Morgan fingerprint density at radius 3 is 1.90 bits per heavy atom. The summed E-state index contributed by atoms with van der Waals surface area (Å²) in [7, 11) is 0. The monoisotopic (exact) mass is 354 g/mol. The molecule has 0 spiro atoms. The Bertz CT molecular complexity index is 541. The fourth-order valence-electron chi connectivity index (χ4n) is 1.16. The van der Waals surface area contributed by atoms with Crippen molar-refractivity contribution < 1.29 is 31.1 Å². The molecule has 0 aliphatic carbocycles. The SMILES string of the molecule is CC(F)(F)C(F)(F)C(F)(F)C(=O)Nc1cc(Cl)nc(Cl)c1. The van der Waals surface area contributed by atoms with Crippen LogP contribution < -0.4 is 5.32 Å². The zero-order valence-electron chi connectivity index (χ0n) is 10.0. The van der Waals surface area contributed by atoms with Gasteiger partial charge in [0.15, 0.2) is 0 Å². The normalized spacial score (nSPS) is 13.2. The minimum Gasteiger partial charge on any atom is -0.320 e. The maximum Gasteiger partial charge on any atom is 0.392 e. The molecule has 0 saturated heterocycles. The zero-order chi connectivity index (χ0) is 16.6. The van der Waals surface area contributed by atoms with Gasteiger partial charge < -0.3 is 5.32 Å². The van der Waals surface area contributed by atoms with Crippen LogP contribution in [0.1, 0.15) is 6.92 Å². The van der Waals surface area contributed by atoms with Crippen LogP contribution in [-0.2, 0) is 4.79 Å². The van der Waals surface area contributed by atoms with Gasteiger partial charge in [-0.2, -0.15) is 26.3 Å². The number of carbonyl (C=O) groups excluding carboxylic acids is 1. The number of hydrogen-bond donors (Lipinski definition) is 1. The van der Waals surface area contributed by atoms with E-state index in [0.717, 1.165) is 12.1 Å². The van der Waals surface area contributed by atoms with Crippen LogP contribution in [0.3, 0.4) is 0 Å². The number of rotatable bonds is 4. The fourth-order valence-corrected chi connectivity index (χ4v) is 1.63. The van der Waals surface area contributed by atoms with E-state index in [-0.39, 0.29) is 10.3 Å². The van der Waals surface area contributed by atoms with Crippen LogP contribution >= 0.6 is 23.2 Å². The number of nitrogens with zero attached hydrogens (tertiary/aromatic N) is 1. The molecule has 21 heavy (non-hydrogen) atoms. The molecule has 1 amide bonds. The molecule has 0 radical (unpaired) electrons. The number of carbonyl (C=O) groups is 1. The van der Waals surface area contributed by atoms with Crippen LogP contribution in [0.25, 0.3) is 0 Å². The number of anilines is 1. The van der Waals surface area contributed by atoms with Crippen LogP contribution in [0.5, 0.6) is 0 Å². The number of amides is 1. The lowest BCUT2D eigenvalue weighted by Gasteiger charge is -2.29. The number of alkyl halides is 6. The largest absolute Gasteiger partial charge is 0.392 e. The summed E-state index contributed by atoms with van der Waals surface area (Å²) in [6.07, 6.45) is 0. The summed E-state index contributed by atoms with van der Waals surface area (Å²) < 4.78 is 77.6. The summed E-state index contributed by atoms with van der Waals surface area (Å²) in [5.74, 6) is -19.3. The Balaban J connectivity index is 3.07. The van der Waals surface area contributed by atoms with E-state index in [2.05, 4.69) is 4.98 Å². The Kier molecular flexibility index (Phi) is 4.69. The van der Waals surface area contributed by atoms with Gasteiger partial charge in [0.1, 0.15) is 10.3 Å². The number of hydrogen-bond acceptors (Lipinski definition) is 2. The smallest absolute Gasteiger partial charge is 0.320 e. The van der Waals surface area contributed by atoms with Crippen molar-refractivity contribution in [1.82, 2.24) is 4.98 Å². The predicted molar refractivity (Wildman–Crippen MR) is 63.4 cm³/mol. The van der Waals surface area contributed by atoms with E-state index >= 15 is 0 Å². The van der Waals surface area contributed by atoms with Crippen LogP contribution in [0.15, 0.2) is 12.1 Å². The van der Waals surface area contributed by atoms with E-state index in [1.807, 2.05) is 0 Å². The average molecular weight is 355 g/mol. The van der Waals surface area contributed by atoms with Crippen molar-refractivity contribution >= 4 is 34.8 Å². The van der Waals surface area contributed by atoms with E-state index in [0.29, 0.717) is 0 Å². The Labute approximate surface area is 124 Å². The van der Waals surface area contributed by atoms with Crippen molar-refractivity contribution in [2.75, 3.05) is 5.32 Å². The molecule has 1 rings (SSSR count). The molecule has 11 heteroatoms. The summed E-state index contributed by atoms with van der Waals surface area (Å²) in [5.41, 5.74) is -0.500. The number of aromatic nitrogens is 1. The third kappa shape index (κ3) is 3.52. The van der Waals surface area contributed by atoms with Gasteiger partial charge in [-0.1, -0.05) is 23.2 Å². The minimum absolute atomic E-state index is 0.325. The summed E-state index contributed by atoms with van der Waals surface area (Å²) >= 11 is 10.8. The highest BCUT2D eigenvalue weighted by Crippen LogP contribution is 2.45. The van der Waals surface area contributed by atoms with Gasteiger partial charge in [-0.3, -0.25) is 4.79 Å². The lowest BCUT2D eigenvalue weighted by atomic mass is 10.1. The number of nitrogens with one attached hydrogen (secondary N) is 1. The molecule has 0 fully saturated rings. The van der Waals surface area contributed by atoms with Crippen molar-refractivity contribution in [3.8, 4) is 0 Å². The Morgan fingerprint density at radius 1 is 1.10 bits per heavy atom. The first-order valence-electron chi connectivity index (χ1n) is 5.07. The summed E-state index contributed by atoms with van der Waals surface area (Å²) in [6.45, 7) is -0.422. The molecule has 1 aromatic heterocycles. The lowest BCUT2D eigenvalue weighted by Crippen LogP contribution is -2.58. The molecule has 0 bridgehead atoms. The van der Waals surface area contributed by atoms with E-state index in [1.165, 1.54) is 5.32 Å². The van der Waals surface area contributed by atoms with E-state index in [1.54, 1.807) is 0 Å². The van der Waals surface area contributed by atoms with E-state index in [9.17, 15) is 31.1 Å². The van der Waals surface area contributed by atoms with Gasteiger partial charge in [-0.25, -0.2) is 4.98 Å². The predicted octanol–water partition coefficient (Wildman–Crippen LogP) is 4.25. The highest BCUT2D eigenvalue weighted by atomic mass is 35.5. The van der Waals surface area contributed by atoms with Crippen molar-refractivity contribution in [1.29, 1.82) is 0 Å². The van der Waals surface area contributed by atoms with Crippen LogP contribution in [0, 0.1) is 0 Å². The summed E-state index contributed by atoms with van der Waals surface area (Å²) in [4.78, 5) is 14.6. The first-order chi connectivity index (χ1) is 9.29. The van der Waals surface area contributed by atoms with E-state index < -0.39 is 36.3 Å². The molecule has 0 aliphatic rings. The molecule has 1 heterocycles. The molecule has 0 saturated carbocycles. The molecule has 118 valence electrons. The van der Waals surface area contributed by atoms with Crippen LogP contribution in [0.4, 0.5) is 32.0 Å². The van der Waals surface area contributed by atoms with Gasteiger partial charge in [0.05, 0.1) is 0 Å². The van der Waals surface area contributed by atoms with Crippen LogP contribution in [-0.4, -0.2) is 28.7 Å². The summed E-state index contributed by atoms with van der Waals surface area (Å²) in [6, 6.07) is 1.65. The van der Waals surface area contributed by atoms with Crippen molar-refractivity contribution in [3.05, 3.63) is 22.4 Å². The molecule has 1 aromatic rings. The van der Waals surface area contributed by atoms with Gasteiger partial charge >= 0.3 is 23.7 Å². The molecular weight excluding hydrogens is 349 g/mol. The minimum atomic E-state index is -5.88. The Morgan fingerprint density at radius 2 is 1.52 bits per heavy atom. The standard InChI is InChI=1S/C10H6Cl2F6N2O/c1-8(13,14)10(17,18)9(15,16)7(21)19-4-2-5(11)20-6(12)3-4/h2-3H,1H3,(H,19,20,21). The fraction of sp³-hybridized carbons (Fsp3) is 0.400. The van der Waals surface area contributed by atoms with Gasteiger partial charge in [0.2, 0.25) is 0 Å². The highest BCUT2D eigenvalue weighted by Gasteiger charge is 2.72. The maximum atomic E-state index is 13.3. The molecule has 0 aliphatic heterocycles. The van der Waals surface area contributed by atoms with Crippen LogP contribution in [0.2, 0.25) is 10.3 Å². The summed E-state index contributed by atoms with van der Waals surface area (Å²) in [5, 5.41) is 0.680. The third-order valence-corrected chi connectivity index (χ3v) is 2.64. The second kappa shape index (κ2) is 5.53. The quantitative estimate of drug-likeness (QED) is 0.648. The highest BCUT2D eigenvalue weighted by molar-refractivity contribution is 6.33. The molecule has 3 nitrogen and oxygen atoms in total. The molecule has 0 unspecified atom stereocenters. The molecule has 0 aromatic carbocycles. The number of halogens is 8. The first kappa shape index (κ1) is 17.8. The molecule has 1 N–H and O–H groups in total. The van der Waals surface area contributed by atoms with Gasteiger partial charge in [-0.15, -0.1) is 0 Å². The van der Waals surface area contributed by atoms with E-state index in [4.69, 9.17) is 23.2 Å². The Hall–Kier alpha value is -1.22. The third-order valence-electron chi connectivity index (χ3n) is 2.25. The second-order valence-corrected chi connectivity index (χ2v) is 4.77. The molecular formula is C10H6Cl2F6N2O. The second-order valence-electron chi connectivity index (χ2n) is 3.99. The maximum absolute atomic E-state index is 13.3.